The zero-order valence-electron chi connectivity index (χ0n) is 13.9. The third kappa shape index (κ3) is 4.66. The Morgan fingerprint density at radius 1 is 1.29 bits per heavy atom. The highest BCUT2D eigenvalue weighted by Gasteiger charge is 2.39. The molecule has 1 aromatic carbocycles. The van der Waals surface area contributed by atoms with Crippen molar-refractivity contribution in [3.8, 4) is 0 Å². The molecule has 1 atom stereocenters. The summed E-state index contributed by atoms with van der Waals surface area (Å²) in [7, 11) is -1.75. The minimum atomic E-state index is -1.75. The topological polar surface area (TPSA) is 9.23 Å². The van der Waals surface area contributed by atoms with Crippen molar-refractivity contribution in [3.63, 3.8) is 0 Å². The van der Waals surface area contributed by atoms with Gasteiger partial charge in [-0.15, -0.1) is 6.58 Å². The maximum Gasteiger partial charge on any atom is 0.192 e. The Hall–Kier alpha value is 0.347. The average molecular weight is 481 g/mol. The van der Waals surface area contributed by atoms with Gasteiger partial charge in [0.1, 0.15) is 0 Å². The Morgan fingerprint density at radius 3 is 2.29 bits per heavy atom. The summed E-state index contributed by atoms with van der Waals surface area (Å²) >= 11 is 5.91. The maximum absolute atomic E-state index is 6.43. The van der Waals surface area contributed by atoms with Gasteiger partial charge in [0.05, 0.1) is 0 Å². The molecule has 4 heteroatoms. The van der Waals surface area contributed by atoms with Crippen LogP contribution in [0.25, 0.3) is 0 Å². The molecule has 0 aliphatic carbocycles. The molecule has 1 nitrogen and oxygen atoms in total. The SMILES string of the molecule is C=C[C@@](C)(CO[Si](C)(C)C(C)(C)C)c1ccc(Br)c(I)c1. The van der Waals surface area contributed by atoms with E-state index in [0.717, 1.165) is 4.47 Å². The number of halogens is 2. The van der Waals surface area contributed by atoms with Crippen molar-refractivity contribution >= 4 is 46.8 Å². The van der Waals surface area contributed by atoms with E-state index in [4.69, 9.17) is 4.43 Å². The predicted molar refractivity (Wildman–Crippen MR) is 108 cm³/mol. The first kappa shape index (κ1) is 19.4. The van der Waals surface area contributed by atoms with E-state index in [0.29, 0.717) is 6.61 Å². The summed E-state index contributed by atoms with van der Waals surface area (Å²) < 4.78 is 8.77. The van der Waals surface area contributed by atoms with Gasteiger partial charge in [0.15, 0.2) is 8.32 Å². The van der Waals surface area contributed by atoms with E-state index in [9.17, 15) is 0 Å². The Labute approximate surface area is 153 Å². The first-order valence-electron chi connectivity index (χ1n) is 7.16. The second-order valence-electron chi connectivity index (χ2n) is 7.30. The van der Waals surface area contributed by atoms with Crippen LogP contribution in [0, 0.1) is 3.57 Å². The Kier molecular flexibility index (Phi) is 6.32. The largest absolute Gasteiger partial charge is 0.416 e. The zero-order valence-corrected chi connectivity index (χ0v) is 18.6. The average Bonchev–Trinajstić information content (AvgIpc) is 2.38. The van der Waals surface area contributed by atoms with Crippen molar-refractivity contribution in [1.29, 1.82) is 0 Å². The first-order chi connectivity index (χ1) is 9.43. The monoisotopic (exact) mass is 480 g/mol. The highest BCUT2D eigenvalue weighted by atomic mass is 127. The number of rotatable bonds is 5. The lowest BCUT2D eigenvalue weighted by Gasteiger charge is -2.39. The smallest absolute Gasteiger partial charge is 0.192 e. The lowest BCUT2D eigenvalue weighted by atomic mass is 9.84. The van der Waals surface area contributed by atoms with Crippen LogP contribution in [0.3, 0.4) is 0 Å². The number of hydrogen-bond acceptors (Lipinski definition) is 1. The molecule has 0 aliphatic rings. The van der Waals surface area contributed by atoms with Crippen LogP contribution in [0.15, 0.2) is 35.3 Å². The Morgan fingerprint density at radius 2 is 1.86 bits per heavy atom. The molecule has 0 spiro atoms. The summed E-state index contributed by atoms with van der Waals surface area (Å²) in [6, 6.07) is 6.47. The minimum Gasteiger partial charge on any atom is -0.416 e. The predicted octanol–water partition coefficient (Wildman–Crippen LogP) is 6.52. The zero-order chi connectivity index (χ0) is 16.5. The molecule has 0 bridgehead atoms. The van der Waals surface area contributed by atoms with Crippen LogP contribution in [0.5, 0.6) is 0 Å². The maximum atomic E-state index is 6.43. The molecule has 118 valence electrons. The molecular weight excluding hydrogens is 455 g/mol. The van der Waals surface area contributed by atoms with Crippen molar-refractivity contribution in [3.05, 3.63) is 44.5 Å². The van der Waals surface area contributed by atoms with Crippen LogP contribution in [-0.4, -0.2) is 14.9 Å². The molecule has 0 saturated heterocycles. The molecule has 0 aliphatic heterocycles. The quantitative estimate of drug-likeness (QED) is 0.265. The van der Waals surface area contributed by atoms with Gasteiger partial charge in [0.25, 0.3) is 0 Å². The van der Waals surface area contributed by atoms with Crippen LogP contribution in [-0.2, 0) is 9.84 Å². The van der Waals surface area contributed by atoms with Gasteiger partial charge in [-0.05, 0) is 81.3 Å². The van der Waals surface area contributed by atoms with Crippen molar-refractivity contribution in [1.82, 2.24) is 0 Å². The summed E-state index contributed by atoms with van der Waals surface area (Å²) in [6.45, 7) is 18.3. The third-order valence-corrected chi connectivity index (χ3v) is 11.4. The molecule has 0 saturated carbocycles. The molecule has 0 N–H and O–H groups in total. The van der Waals surface area contributed by atoms with E-state index in [-0.39, 0.29) is 10.5 Å². The normalized spacial score (nSPS) is 15.6. The summed E-state index contributed by atoms with van der Waals surface area (Å²) in [5.41, 5.74) is 1.10. The van der Waals surface area contributed by atoms with E-state index in [1.165, 1.54) is 9.13 Å². The van der Waals surface area contributed by atoms with E-state index in [1.54, 1.807) is 0 Å². The van der Waals surface area contributed by atoms with Gasteiger partial charge in [-0.25, -0.2) is 0 Å². The lowest BCUT2D eigenvalue weighted by Crippen LogP contribution is -2.44. The van der Waals surface area contributed by atoms with Crippen LogP contribution >= 0.6 is 38.5 Å². The van der Waals surface area contributed by atoms with E-state index < -0.39 is 8.32 Å². The van der Waals surface area contributed by atoms with Crippen LogP contribution in [0.2, 0.25) is 18.1 Å². The van der Waals surface area contributed by atoms with Gasteiger partial charge in [-0.3, -0.25) is 0 Å². The molecule has 0 heterocycles. The highest BCUT2D eigenvalue weighted by molar-refractivity contribution is 14.1. The molecule has 0 aromatic heterocycles. The molecule has 1 aromatic rings. The number of hydrogen-bond donors (Lipinski definition) is 0. The Bertz CT molecular complexity index is 522. The molecule has 1 rings (SSSR count). The van der Waals surface area contributed by atoms with Crippen molar-refractivity contribution in [2.24, 2.45) is 0 Å². The summed E-state index contributed by atoms with van der Waals surface area (Å²) in [6.07, 6.45) is 2.01. The fraction of sp³-hybridized carbons (Fsp3) is 0.529. The number of benzene rings is 1. The van der Waals surface area contributed by atoms with Crippen molar-refractivity contribution in [2.75, 3.05) is 6.61 Å². The van der Waals surface area contributed by atoms with E-state index in [1.807, 2.05) is 6.08 Å². The summed E-state index contributed by atoms with van der Waals surface area (Å²) in [4.78, 5) is 0. The molecule has 0 fully saturated rings. The van der Waals surface area contributed by atoms with Gasteiger partial charge >= 0.3 is 0 Å². The van der Waals surface area contributed by atoms with Crippen LogP contribution in [0.1, 0.15) is 33.3 Å². The fourth-order valence-electron chi connectivity index (χ4n) is 1.66. The molecule has 0 amide bonds. The molecule has 0 unspecified atom stereocenters. The fourth-order valence-corrected chi connectivity index (χ4v) is 3.51. The van der Waals surface area contributed by atoms with Crippen molar-refractivity contribution in [2.45, 2.75) is 51.2 Å². The van der Waals surface area contributed by atoms with Gasteiger partial charge in [0, 0.05) is 20.1 Å². The second-order valence-corrected chi connectivity index (χ2v) is 14.1. The molecular formula is C17H26BrIOSi. The molecule has 0 radical (unpaired) electrons. The van der Waals surface area contributed by atoms with Crippen LogP contribution in [0.4, 0.5) is 0 Å². The minimum absolute atomic E-state index is 0.157. The van der Waals surface area contributed by atoms with Gasteiger partial charge in [-0.2, -0.15) is 0 Å². The van der Waals surface area contributed by atoms with Gasteiger partial charge in [0.2, 0.25) is 0 Å². The second kappa shape index (κ2) is 6.85. The summed E-state index contributed by atoms with van der Waals surface area (Å²) in [5, 5.41) is 0.225. The third-order valence-electron chi connectivity index (χ3n) is 4.57. The Balaban J connectivity index is 3.01. The van der Waals surface area contributed by atoms with Gasteiger partial charge < -0.3 is 4.43 Å². The molecule has 21 heavy (non-hydrogen) atoms. The highest BCUT2D eigenvalue weighted by Crippen LogP contribution is 2.38. The summed E-state index contributed by atoms with van der Waals surface area (Å²) in [5.74, 6) is 0. The van der Waals surface area contributed by atoms with E-state index in [2.05, 4.69) is 104 Å². The first-order valence-corrected chi connectivity index (χ1v) is 11.9. The van der Waals surface area contributed by atoms with E-state index >= 15 is 0 Å². The van der Waals surface area contributed by atoms with Crippen molar-refractivity contribution < 1.29 is 4.43 Å². The van der Waals surface area contributed by atoms with Gasteiger partial charge in [-0.1, -0.05) is 32.9 Å². The lowest BCUT2D eigenvalue weighted by molar-refractivity contribution is 0.236. The standard InChI is InChI=1S/C17H26BrIOSi/c1-8-17(5,12-20-21(6,7)16(2,3)4)13-9-10-14(18)15(19)11-13/h8-11H,1,12H2,2-7H3/t17-/m0/s1. The van der Waals surface area contributed by atoms with Crippen LogP contribution < -0.4 is 0 Å².